The highest BCUT2D eigenvalue weighted by atomic mass is 32.1. The first-order valence-corrected chi connectivity index (χ1v) is 10.6. The van der Waals surface area contributed by atoms with Crippen LogP contribution in [0.3, 0.4) is 0 Å². The molecule has 2 rings (SSSR count). The number of primary amides is 1. The Morgan fingerprint density at radius 1 is 1.27 bits per heavy atom. The molecule has 8 heteroatoms. The Kier molecular flexibility index (Phi) is 9.41. The average Bonchev–Trinajstić information content (AvgIpc) is 3.26. The summed E-state index contributed by atoms with van der Waals surface area (Å²) >= 11 is 1.77. The third-order valence-electron chi connectivity index (χ3n) is 4.35. The van der Waals surface area contributed by atoms with Gasteiger partial charge in [0.05, 0.1) is 12.2 Å². The van der Waals surface area contributed by atoms with Crippen molar-refractivity contribution in [1.29, 1.82) is 0 Å². The molecule has 1 aliphatic heterocycles. The van der Waals surface area contributed by atoms with Crippen molar-refractivity contribution in [2.24, 2.45) is 10.7 Å². The van der Waals surface area contributed by atoms with Gasteiger partial charge >= 0.3 is 6.03 Å². The largest absolute Gasteiger partial charge is 0.356 e. The van der Waals surface area contributed by atoms with Crippen molar-refractivity contribution in [3.8, 4) is 0 Å². The van der Waals surface area contributed by atoms with E-state index >= 15 is 0 Å². The number of nitrogens with one attached hydrogen (secondary N) is 2. The van der Waals surface area contributed by atoms with Crippen molar-refractivity contribution in [1.82, 2.24) is 20.5 Å². The lowest BCUT2D eigenvalue weighted by Gasteiger charge is -2.11. The Morgan fingerprint density at radius 3 is 2.69 bits per heavy atom. The Labute approximate surface area is 160 Å². The number of likely N-dealkylation sites (tertiary alicyclic amines) is 1. The SMILES string of the molecule is CCCCNC(=NC(N)=O)NCCCCc1csc(CN2CCCC2)n1. The molecule has 2 amide bonds. The first kappa shape index (κ1) is 20.6. The smallest absolute Gasteiger partial charge is 0.341 e. The van der Waals surface area contributed by atoms with E-state index in [1.807, 2.05) is 0 Å². The van der Waals surface area contributed by atoms with Crippen molar-refractivity contribution < 1.29 is 4.79 Å². The molecule has 0 bridgehead atoms. The van der Waals surface area contributed by atoms with E-state index in [2.05, 4.69) is 32.8 Å². The molecule has 1 saturated heterocycles. The van der Waals surface area contributed by atoms with E-state index in [0.717, 1.165) is 51.7 Å². The van der Waals surface area contributed by atoms with Crippen LogP contribution in [0.5, 0.6) is 0 Å². The molecule has 2 heterocycles. The van der Waals surface area contributed by atoms with Crippen LogP contribution in [0.4, 0.5) is 4.79 Å². The van der Waals surface area contributed by atoms with Gasteiger partial charge in [-0.3, -0.25) is 4.90 Å². The van der Waals surface area contributed by atoms with E-state index in [-0.39, 0.29) is 0 Å². The summed E-state index contributed by atoms with van der Waals surface area (Å²) in [6, 6.07) is -0.676. The van der Waals surface area contributed by atoms with Crippen LogP contribution in [0, 0.1) is 0 Å². The second-order valence-electron chi connectivity index (χ2n) is 6.68. The van der Waals surface area contributed by atoms with Crippen LogP contribution in [0.15, 0.2) is 10.4 Å². The predicted octanol–water partition coefficient (Wildman–Crippen LogP) is 2.48. The molecule has 0 spiro atoms. The molecular formula is C18H32N6OS. The minimum atomic E-state index is -0.676. The lowest BCUT2D eigenvalue weighted by molar-refractivity contribution is 0.256. The van der Waals surface area contributed by atoms with Crippen molar-refractivity contribution in [2.75, 3.05) is 26.2 Å². The maximum absolute atomic E-state index is 11.0. The predicted molar refractivity (Wildman–Crippen MR) is 107 cm³/mol. The highest BCUT2D eigenvalue weighted by Gasteiger charge is 2.13. The Bertz CT molecular complexity index is 568. The zero-order valence-corrected chi connectivity index (χ0v) is 16.6. The minimum Gasteiger partial charge on any atom is -0.356 e. The van der Waals surface area contributed by atoms with Gasteiger partial charge in [0.2, 0.25) is 5.96 Å². The summed E-state index contributed by atoms with van der Waals surface area (Å²) in [6.07, 6.45) is 7.79. The number of thiazole rings is 1. The molecule has 1 aliphatic rings. The van der Waals surface area contributed by atoms with E-state index in [1.165, 1.54) is 36.6 Å². The second kappa shape index (κ2) is 11.9. The van der Waals surface area contributed by atoms with Gasteiger partial charge in [0.1, 0.15) is 5.01 Å². The lowest BCUT2D eigenvalue weighted by atomic mass is 10.2. The number of nitrogens with zero attached hydrogens (tertiary/aromatic N) is 3. The van der Waals surface area contributed by atoms with Crippen LogP contribution in [0.1, 0.15) is 56.2 Å². The number of aromatic nitrogens is 1. The number of amides is 2. The fourth-order valence-corrected chi connectivity index (χ4v) is 3.81. The van der Waals surface area contributed by atoms with Crippen molar-refractivity contribution in [3.05, 3.63) is 16.1 Å². The van der Waals surface area contributed by atoms with Crippen LogP contribution < -0.4 is 16.4 Å². The zero-order chi connectivity index (χ0) is 18.6. The van der Waals surface area contributed by atoms with Gasteiger partial charge in [-0.15, -0.1) is 11.3 Å². The fourth-order valence-electron chi connectivity index (χ4n) is 2.94. The van der Waals surface area contributed by atoms with Crippen LogP contribution in [-0.4, -0.2) is 48.1 Å². The minimum absolute atomic E-state index is 0.479. The highest BCUT2D eigenvalue weighted by Crippen LogP contribution is 2.17. The lowest BCUT2D eigenvalue weighted by Crippen LogP contribution is -2.39. The number of unbranched alkanes of at least 4 members (excludes halogenated alkanes) is 2. The molecule has 1 aromatic heterocycles. The second-order valence-corrected chi connectivity index (χ2v) is 7.62. The van der Waals surface area contributed by atoms with Gasteiger partial charge < -0.3 is 16.4 Å². The first-order valence-electron chi connectivity index (χ1n) is 9.69. The van der Waals surface area contributed by atoms with Crippen LogP contribution >= 0.6 is 11.3 Å². The monoisotopic (exact) mass is 380 g/mol. The number of hydrogen-bond acceptors (Lipinski definition) is 4. The van der Waals surface area contributed by atoms with Gasteiger partial charge in [-0.25, -0.2) is 9.78 Å². The molecule has 0 aliphatic carbocycles. The number of aryl methyl sites for hydroxylation is 1. The number of carbonyl (C=O) groups is 1. The number of hydrogen-bond donors (Lipinski definition) is 3. The van der Waals surface area contributed by atoms with E-state index in [1.54, 1.807) is 11.3 Å². The molecule has 0 atom stereocenters. The quantitative estimate of drug-likeness (QED) is 0.329. The van der Waals surface area contributed by atoms with Crippen molar-refractivity contribution in [2.45, 2.75) is 58.4 Å². The van der Waals surface area contributed by atoms with E-state index in [9.17, 15) is 4.79 Å². The topological polar surface area (TPSA) is 95.6 Å². The summed E-state index contributed by atoms with van der Waals surface area (Å²) in [4.78, 5) is 22.0. The molecule has 4 N–H and O–H groups in total. The molecular weight excluding hydrogens is 348 g/mol. The van der Waals surface area contributed by atoms with Gasteiger partial charge in [-0.05, 0) is 51.6 Å². The van der Waals surface area contributed by atoms with E-state index in [0.29, 0.717) is 5.96 Å². The molecule has 0 unspecified atom stereocenters. The maximum Gasteiger partial charge on any atom is 0.341 e. The summed E-state index contributed by atoms with van der Waals surface area (Å²) in [5.74, 6) is 0.479. The third kappa shape index (κ3) is 8.14. The summed E-state index contributed by atoms with van der Waals surface area (Å²) in [5, 5.41) is 9.70. The van der Waals surface area contributed by atoms with Gasteiger partial charge in [0, 0.05) is 18.5 Å². The van der Waals surface area contributed by atoms with Crippen LogP contribution in [0.25, 0.3) is 0 Å². The van der Waals surface area contributed by atoms with E-state index < -0.39 is 6.03 Å². The van der Waals surface area contributed by atoms with Crippen LogP contribution in [0.2, 0.25) is 0 Å². The molecule has 7 nitrogen and oxygen atoms in total. The number of guanidine groups is 1. The molecule has 26 heavy (non-hydrogen) atoms. The number of nitrogens with two attached hydrogens (primary N) is 1. The summed E-state index contributed by atoms with van der Waals surface area (Å²) in [6.45, 7) is 7.09. The van der Waals surface area contributed by atoms with Gasteiger partial charge in [0.25, 0.3) is 0 Å². The molecule has 0 saturated carbocycles. The number of carbonyl (C=O) groups excluding carboxylic acids is 1. The van der Waals surface area contributed by atoms with Crippen LogP contribution in [-0.2, 0) is 13.0 Å². The fraction of sp³-hybridized carbons (Fsp3) is 0.722. The van der Waals surface area contributed by atoms with E-state index in [4.69, 9.17) is 10.7 Å². The zero-order valence-electron chi connectivity index (χ0n) is 15.8. The first-order chi connectivity index (χ1) is 12.7. The third-order valence-corrected chi connectivity index (χ3v) is 5.24. The molecule has 0 radical (unpaired) electrons. The van der Waals surface area contributed by atoms with Gasteiger partial charge in [-0.2, -0.15) is 4.99 Å². The molecule has 1 aromatic rings. The molecule has 0 aromatic carbocycles. The molecule has 146 valence electrons. The van der Waals surface area contributed by atoms with Gasteiger partial charge in [0.15, 0.2) is 0 Å². The summed E-state index contributed by atoms with van der Waals surface area (Å²) < 4.78 is 0. The highest BCUT2D eigenvalue weighted by molar-refractivity contribution is 7.09. The Balaban J connectivity index is 1.62. The summed E-state index contributed by atoms with van der Waals surface area (Å²) in [7, 11) is 0. The summed E-state index contributed by atoms with van der Waals surface area (Å²) in [5.41, 5.74) is 6.34. The normalized spacial score (nSPS) is 15.3. The standard InChI is InChI=1S/C18H32N6OS/c1-2-3-9-20-18(23-17(19)25)21-10-5-4-8-15-14-26-16(22-15)13-24-11-6-7-12-24/h14H,2-13H2,1H3,(H4,19,20,21,23,25). The van der Waals surface area contributed by atoms with Gasteiger partial charge in [-0.1, -0.05) is 13.3 Å². The van der Waals surface area contributed by atoms with Crippen molar-refractivity contribution >= 4 is 23.3 Å². The maximum atomic E-state index is 11.0. The molecule has 1 fully saturated rings. The number of aliphatic imine (C=N–C) groups is 1. The number of urea groups is 1. The number of rotatable bonds is 10. The van der Waals surface area contributed by atoms with Crippen molar-refractivity contribution in [3.63, 3.8) is 0 Å². The Hall–Kier alpha value is -1.67. The Morgan fingerprint density at radius 2 is 2.00 bits per heavy atom. The average molecular weight is 381 g/mol.